The van der Waals surface area contributed by atoms with Crippen LogP contribution in [-0.2, 0) is 0 Å². The maximum Gasteiger partial charge on any atom is 0.251 e. The average Bonchev–Trinajstić information content (AvgIpc) is 2.67. The Bertz CT molecular complexity index is 581. The van der Waals surface area contributed by atoms with Crippen LogP contribution in [0.3, 0.4) is 0 Å². The van der Waals surface area contributed by atoms with Gasteiger partial charge in [0.1, 0.15) is 0 Å². The molecule has 3 N–H and O–H groups in total. The molecule has 0 bridgehead atoms. The molecule has 0 unspecified atom stereocenters. The second kappa shape index (κ2) is 11.3. The van der Waals surface area contributed by atoms with E-state index in [0.29, 0.717) is 12.1 Å². The number of allylic oxidation sites excluding steroid dienone is 1. The zero-order chi connectivity index (χ0) is 17.7. The lowest BCUT2D eigenvalue weighted by molar-refractivity contribution is 0.0953. The molecule has 25 heavy (non-hydrogen) atoms. The lowest BCUT2D eigenvalue weighted by Gasteiger charge is -2.15. The predicted molar refractivity (Wildman–Crippen MR) is 104 cm³/mol. The van der Waals surface area contributed by atoms with Crippen molar-refractivity contribution in [2.75, 3.05) is 26.7 Å². The smallest absolute Gasteiger partial charge is 0.251 e. The SMILES string of the molecule is CN=C(NCCCNC(=O)c1ccccc1)NCCC1=CCCCC1. The Kier molecular flexibility index (Phi) is 8.59. The lowest BCUT2D eigenvalue weighted by Crippen LogP contribution is -2.39. The van der Waals surface area contributed by atoms with Crippen LogP contribution in [-0.4, -0.2) is 38.5 Å². The first kappa shape index (κ1) is 19.0. The summed E-state index contributed by atoms with van der Waals surface area (Å²) in [6, 6.07) is 9.29. The van der Waals surface area contributed by atoms with Gasteiger partial charge in [0.25, 0.3) is 5.91 Å². The van der Waals surface area contributed by atoms with Gasteiger partial charge >= 0.3 is 0 Å². The molecule has 1 aliphatic carbocycles. The summed E-state index contributed by atoms with van der Waals surface area (Å²) in [5.41, 5.74) is 2.27. The third kappa shape index (κ3) is 7.42. The molecule has 5 nitrogen and oxygen atoms in total. The molecule has 1 amide bonds. The van der Waals surface area contributed by atoms with Crippen LogP contribution in [0.15, 0.2) is 47.0 Å². The zero-order valence-electron chi connectivity index (χ0n) is 15.2. The third-order valence-electron chi connectivity index (χ3n) is 4.31. The van der Waals surface area contributed by atoms with Crippen molar-refractivity contribution in [2.24, 2.45) is 4.99 Å². The summed E-state index contributed by atoms with van der Waals surface area (Å²) < 4.78 is 0. The van der Waals surface area contributed by atoms with Gasteiger partial charge in [0.2, 0.25) is 0 Å². The fraction of sp³-hybridized carbons (Fsp3) is 0.500. The van der Waals surface area contributed by atoms with Crippen molar-refractivity contribution in [3.8, 4) is 0 Å². The minimum atomic E-state index is -0.0242. The van der Waals surface area contributed by atoms with Gasteiger partial charge in [-0.25, -0.2) is 0 Å². The van der Waals surface area contributed by atoms with E-state index < -0.39 is 0 Å². The number of rotatable bonds is 8. The molecule has 2 rings (SSSR count). The van der Waals surface area contributed by atoms with Crippen molar-refractivity contribution in [2.45, 2.75) is 38.5 Å². The standard InChI is InChI=1S/C20H30N4O/c1-21-20(24-16-13-17-9-4-2-5-10-17)23-15-8-14-22-19(25)18-11-6-3-7-12-18/h3,6-7,9,11-12H,2,4-5,8,10,13-16H2,1H3,(H,22,25)(H2,21,23,24). The number of hydrogen-bond donors (Lipinski definition) is 3. The maximum absolute atomic E-state index is 11.9. The van der Waals surface area contributed by atoms with E-state index in [1.54, 1.807) is 12.6 Å². The lowest BCUT2D eigenvalue weighted by atomic mass is 9.97. The molecule has 5 heteroatoms. The van der Waals surface area contributed by atoms with Gasteiger partial charge in [-0.3, -0.25) is 9.79 Å². The summed E-state index contributed by atoms with van der Waals surface area (Å²) in [5.74, 6) is 0.801. The average molecular weight is 342 g/mol. The van der Waals surface area contributed by atoms with E-state index in [2.05, 4.69) is 27.0 Å². The van der Waals surface area contributed by atoms with Gasteiger partial charge < -0.3 is 16.0 Å². The summed E-state index contributed by atoms with van der Waals surface area (Å²) in [5, 5.41) is 9.57. The van der Waals surface area contributed by atoms with Crippen molar-refractivity contribution in [3.05, 3.63) is 47.5 Å². The Morgan fingerprint density at radius 1 is 1.04 bits per heavy atom. The molecule has 0 aromatic heterocycles. The van der Waals surface area contributed by atoms with Crippen LogP contribution in [0.4, 0.5) is 0 Å². The monoisotopic (exact) mass is 342 g/mol. The van der Waals surface area contributed by atoms with E-state index in [9.17, 15) is 4.79 Å². The molecule has 0 heterocycles. The van der Waals surface area contributed by atoms with Crippen LogP contribution in [0.25, 0.3) is 0 Å². The molecule has 1 aromatic carbocycles. The second-order valence-corrected chi connectivity index (χ2v) is 6.26. The molecule has 0 radical (unpaired) electrons. The Hall–Kier alpha value is -2.30. The first-order valence-corrected chi connectivity index (χ1v) is 9.25. The Balaban J connectivity index is 1.55. The van der Waals surface area contributed by atoms with Crippen LogP contribution in [0.2, 0.25) is 0 Å². The normalized spacial score (nSPS) is 14.6. The van der Waals surface area contributed by atoms with Crippen LogP contribution >= 0.6 is 0 Å². The van der Waals surface area contributed by atoms with E-state index >= 15 is 0 Å². The first-order chi connectivity index (χ1) is 12.3. The molecule has 0 aliphatic heterocycles. The second-order valence-electron chi connectivity index (χ2n) is 6.26. The van der Waals surface area contributed by atoms with Crippen molar-refractivity contribution >= 4 is 11.9 Å². The number of hydrogen-bond acceptors (Lipinski definition) is 2. The molecule has 0 saturated heterocycles. The van der Waals surface area contributed by atoms with Gasteiger partial charge in [0.15, 0.2) is 5.96 Å². The third-order valence-corrected chi connectivity index (χ3v) is 4.31. The first-order valence-electron chi connectivity index (χ1n) is 9.25. The van der Waals surface area contributed by atoms with E-state index in [1.807, 2.05) is 30.3 Å². The summed E-state index contributed by atoms with van der Waals surface area (Å²) in [6.45, 7) is 2.33. The minimum Gasteiger partial charge on any atom is -0.356 e. The Morgan fingerprint density at radius 3 is 2.52 bits per heavy atom. The molecular formula is C20H30N4O. The number of aliphatic imine (C=N–C) groups is 1. The van der Waals surface area contributed by atoms with Gasteiger partial charge in [0, 0.05) is 32.2 Å². The molecule has 136 valence electrons. The van der Waals surface area contributed by atoms with E-state index in [-0.39, 0.29) is 5.91 Å². The number of nitrogens with zero attached hydrogens (tertiary/aromatic N) is 1. The minimum absolute atomic E-state index is 0.0242. The molecule has 0 atom stereocenters. The van der Waals surface area contributed by atoms with Crippen LogP contribution in [0.1, 0.15) is 48.9 Å². The summed E-state index contributed by atoms with van der Waals surface area (Å²) in [4.78, 5) is 16.2. The fourth-order valence-electron chi connectivity index (χ4n) is 2.88. The maximum atomic E-state index is 11.9. The van der Waals surface area contributed by atoms with E-state index in [1.165, 1.54) is 25.7 Å². The molecule has 1 aromatic rings. The van der Waals surface area contributed by atoms with Gasteiger partial charge in [-0.2, -0.15) is 0 Å². The Labute approximate surface area is 151 Å². The van der Waals surface area contributed by atoms with Crippen molar-refractivity contribution < 1.29 is 4.79 Å². The van der Waals surface area contributed by atoms with Gasteiger partial charge in [-0.1, -0.05) is 29.8 Å². The zero-order valence-corrected chi connectivity index (χ0v) is 15.2. The van der Waals surface area contributed by atoms with Gasteiger partial charge in [-0.05, 0) is 50.7 Å². The van der Waals surface area contributed by atoms with Crippen LogP contribution < -0.4 is 16.0 Å². The van der Waals surface area contributed by atoms with Gasteiger partial charge in [0.05, 0.1) is 0 Å². The van der Waals surface area contributed by atoms with Gasteiger partial charge in [-0.15, -0.1) is 0 Å². The van der Waals surface area contributed by atoms with Crippen LogP contribution in [0.5, 0.6) is 0 Å². The Morgan fingerprint density at radius 2 is 1.80 bits per heavy atom. The number of nitrogens with one attached hydrogen (secondary N) is 3. The molecule has 0 spiro atoms. The molecule has 0 saturated carbocycles. The largest absolute Gasteiger partial charge is 0.356 e. The highest BCUT2D eigenvalue weighted by molar-refractivity contribution is 5.94. The quantitative estimate of drug-likeness (QED) is 0.295. The number of carbonyl (C=O) groups excluding carboxylic acids is 1. The number of guanidine groups is 1. The summed E-state index contributed by atoms with van der Waals surface area (Å²) >= 11 is 0. The highest BCUT2D eigenvalue weighted by Gasteiger charge is 2.05. The number of carbonyl (C=O) groups is 1. The summed E-state index contributed by atoms with van der Waals surface area (Å²) in [7, 11) is 1.78. The fourth-order valence-corrected chi connectivity index (χ4v) is 2.88. The highest BCUT2D eigenvalue weighted by atomic mass is 16.1. The molecule has 0 fully saturated rings. The topological polar surface area (TPSA) is 65.5 Å². The number of amides is 1. The molecule has 1 aliphatic rings. The van der Waals surface area contributed by atoms with E-state index in [0.717, 1.165) is 31.9 Å². The van der Waals surface area contributed by atoms with Crippen LogP contribution in [0, 0.1) is 0 Å². The highest BCUT2D eigenvalue weighted by Crippen LogP contribution is 2.19. The predicted octanol–water partition coefficient (Wildman–Crippen LogP) is 2.86. The van der Waals surface area contributed by atoms with Crippen molar-refractivity contribution in [1.82, 2.24) is 16.0 Å². The molecular weight excluding hydrogens is 312 g/mol. The number of benzene rings is 1. The summed E-state index contributed by atoms with van der Waals surface area (Å²) in [6.07, 6.45) is 9.47. The van der Waals surface area contributed by atoms with E-state index in [4.69, 9.17) is 0 Å². The van der Waals surface area contributed by atoms with Crippen molar-refractivity contribution in [3.63, 3.8) is 0 Å². The van der Waals surface area contributed by atoms with Crippen molar-refractivity contribution in [1.29, 1.82) is 0 Å².